The summed E-state index contributed by atoms with van der Waals surface area (Å²) in [6.45, 7) is 8.34. The highest BCUT2D eigenvalue weighted by Gasteiger charge is 2.28. The number of piperazine rings is 1. The summed E-state index contributed by atoms with van der Waals surface area (Å²) in [6, 6.07) is 11.2. The average molecular weight is 471 g/mol. The molecule has 1 aromatic rings. The van der Waals surface area contributed by atoms with Gasteiger partial charge in [0.25, 0.3) is 0 Å². The number of rotatable bonds is 19. The summed E-state index contributed by atoms with van der Waals surface area (Å²) in [5, 5.41) is 0. The van der Waals surface area contributed by atoms with Crippen LogP contribution in [0.4, 0.5) is 0 Å². The van der Waals surface area contributed by atoms with Crippen molar-refractivity contribution in [1.82, 2.24) is 9.80 Å². The fourth-order valence-electron chi connectivity index (χ4n) is 5.34. The van der Waals surface area contributed by atoms with Crippen LogP contribution >= 0.6 is 0 Å². The van der Waals surface area contributed by atoms with E-state index in [9.17, 15) is 4.79 Å². The topological polar surface area (TPSA) is 23.6 Å². The second-order valence-electron chi connectivity index (χ2n) is 10.6. The van der Waals surface area contributed by atoms with Crippen molar-refractivity contribution in [1.29, 1.82) is 0 Å². The summed E-state index contributed by atoms with van der Waals surface area (Å²) >= 11 is 0. The number of carbonyl (C=O) groups excluding carboxylic acids is 1. The molecule has 1 amide bonds. The third-order valence-corrected chi connectivity index (χ3v) is 7.65. The summed E-state index contributed by atoms with van der Waals surface area (Å²) in [4.78, 5) is 17.5. The Hall–Kier alpha value is -1.35. The van der Waals surface area contributed by atoms with Crippen LogP contribution in [0.5, 0.6) is 0 Å². The molecule has 0 saturated carbocycles. The van der Waals surface area contributed by atoms with Crippen LogP contribution in [0.1, 0.15) is 129 Å². The molecule has 1 fully saturated rings. The molecule has 0 radical (unpaired) electrons. The van der Waals surface area contributed by atoms with Gasteiger partial charge in [0.2, 0.25) is 5.91 Å². The van der Waals surface area contributed by atoms with Crippen molar-refractivity contribution in [3.63, 3.8) is 0 Å². The first-order valence-electron chi connectivity index (χ1n) is 14.8. The van der Waals surface area contributed by atoms with Crippen LogP contribution in [-0.2, 0) is 11.3 Å². The van der Waals surface area contributed by atoms with E-state index in [1.54, 1.807) is 0 Å². The lowest BCUT2D eigenvalue weighted by Crippen LogP contribution is -2.54. The molecule has 194 valence electrons. The molecule has 0 aliphatic carbocycles. The van der Waals surface area contributed by atoms with E-state index in [0.717, 1.165) is 45.4 Å². The zero-order valence-corrected chi connectivity index (χ0v) is 22.6. The molecule has 1 heterocycles. The van der Waals surface area contributed by atoms with E-state index in [0.29, 0.717) is 11.9 Å². The van der Waals surface area contributed by atoms with Gasteiger partial charge in [0.05, 0.1) is 0 Å². The molecule has 0 bridgehead atoms. The van der Waals surface area contributed by atoms with Gasteiger partial charge in [0.1, 0.15) is 0 Å². The van der Waals surface area contributed by atoms with E-state index in [1.165, 1.54) is 95.5 Å². The molecule has 3 nitrogen and oxygen atoms in total. The van der Waals surface area contributed by atoms with Crippen LogP contribution in [0.2, 0.25) is 0 Å². The lowest BCUT2D eigenvalue weighted by molar-refractivity contribution is -0.134. The molecule has 34 heavy (non-hydrogen) atoms. The highest BCUT2D eigenvalue weighted by molar-refractivity contribution is 5.76. The third kappa shape index (κ3) is 12.4. The molecule has 1 aliphatic heterocycles. The quantitative estimate of drug-likeness (QED) is 0.190. The molecular weight excluding hydrogens is 416 g/mol. The van der Waals surface area contributed by atoms with Crippen molar-refractivity contribution in [2.75, 3.05) is 19.6 Å². The number of hydrogen-bond acceptors (Lipinski definition) is 2. The average Bonchev–Trinajstić information content (AvgIpc) is 2.87. The lowest BCUT2D eigenvalue weighted by atomic mass is 10.0. The molecule has 0 N–H and O–H groups in total. The summed E-state index contributed by atoms with van der Waals surface area (Å²) in [5.41, 5.74) is 1.37. The smallest absolute Gasteiger partial charge is 0.222 e. The van der Waals surface area contributed by atoms with Crippen molar-refractivity contribution < 1.29 is 4.79 Å². The minimum atomic E-state index is 0.382. The Labute approximate surface area is 211 Å². The van der Waals surface area contributed by atoms with Crippen LogP contribution < -0.4 is 0 Å². The van der Waals surface area contributed by atoms with Crippen molar-refractivity contribution in [2.24, 2.45) is 0 Å². The number of amides is 1. The van der Waals surface area contributed by atoms with Crippen molar-refractivity contribution in [3.05, 3.63) is 35.9 Å². The molecule has 3 heteroatoms. The largest absolute Gasteiger partial charge is 0.340 e. The maximum atomic E-state index is 12.8. The Balaban J connectivity index is 1.44. The minimum Gasteiger partial charge on any atom is -0.340 e. The Morgan fingerprint density at radius 2 is 1.26 bits per heavy atom. The van der Waals surface area contributed by atoms with E-state index in [1.807, 2.05) is 0 Å². The number of benzene rings is 1. The third-order valence-electron chi connectivity index (χ3n) is 7.65. The fourth-order valence-corrected chi connectivity index (χ4v) is 5.34. The second-order valence-corrected chi connectivity index (χ2v) is 10.6. The minimum absolute atomic E-state index is 0.382. The first-order chi connectivity index (χ1) is 16.7. The molecular formula is C31H54N2O. The van der Waals surface area contributed by atoms with Gasteiger partial charge in [0, 0.05) is 38.6 Å². The molecule has 0 aromatic heterocycles. The van der Waals surface area contributed by atoms with Gasteiger partial charge in [0.15, 0.2) is 0 Å². The van der Waals surface area contributed by atoms with Crippen LogP contribution in [-0.4, -0.2) is 41.4 Å². The lowest BCUT2D eigenvalue weighted by Gasteiger charge is -2.41. The molecule has 1 aromatic carbocycles. The van der Waals surface area contributed by atoms with Crippen LogP contribution in [0.3, 0.4) is 0 Å². The first-order valence-corrected chi connectivity index (χ1v) is 14.8. The van der Waals surface area contributed by atoms with Crippen molar-refractivity contribution >= 4 is 5.91 Å². The fraction of sp³-hybridized carbons (Fsp3) is 0.774. The van der Waals surface area contributed by atoms with Gasteiger partial charge < -0.3 is 4.90 Å². The van der Waals surface area contributed by atoms with Gasteiger partial charge in [-0.25, -0.2) is 0 Å². The predicted octanol–water partition coefficient (Wildman–Crippen LogP) is 8.37. The van der Waals surface area contributed by atoms with E-state index in [-0.39, 0.29) is 0 Å². The second kappa shape index (κ2) is 18.9. The number of hydrogen-bond donors (Lipinski definition) is 0. The van der Waals surface area contributed by atoms with Crippen molar-refractivity contribution in [2.45, 2.75) is 136 Å². The van der Waals surface area contributed by atoms with Crippen LogP contribution in [0, 0.1) is 0 Å². The monoisotopic (exact) mass is 470 g/mol. The molecule has 0 spiro atoms. The Kier molecular flexibility index (Phi) is 16.1. The van der Waals surface area contributed by atoms with Gasteiger partial charge in [-0.2, -0.15) is 0 Å². The number of carbonyl (C=O) groups is 1. The van der Waals surface area contributed by atoms with E-state index < -0.39 is 0 Å². The standard InChI is InChI=1S/C31H54N2O/c1-3-5-6-7-8-9-10-11-12-13-14-15-16-17-21-24-31(34)33-26-25-32(30(4-2)28-33)27-29-22-19-18-20-23-29/h18-20,22-23,30H,3-17,21,24-28H2,1-2H3. The van der Waals surface area contributed by atoms with E-state index in [4.69, 9.17) is 0 Å². The van der Waals surface area contributed by atoms with Gasteiger partial charge in [-0.05, 0) is 18.4 Å². The number of unbranched alkanes of at least 4 members (excludes halogenated alkanes) is 14. The molecule has 2 rings (SSSR count). The predicted molar refractivity (Wildman–Crippen MR) is 147 cm³/mol. The zero-order chi connectivity index (χ0) is 24.3. The van der Waals surface area contributed by atoms with E-state index in [2.05, 4.69) is 54.0 Å². The van der Waals surface area contributed by atoms with Gasteiger partial charge in [-0.1, -0.05) is 134 Å². The maximum absolute atomic E-state index is 12.8. The molecule has 1 unspecified atom stereocenters. The molecule has 1 aliphatic rings. The normalized spacial score (nSPS) is 16.8. The van der Waals surface area contributed by atoms with Gasteiger partial charge >= 0.3 is 0 Å². The van der Waals surface area contributed by atoms with Crippen LogP contribution in [0.15, 0.2) is 30.3 Å². The van der Waals surface area contributed by atoms with Gasteiger partial charge in [-0.15, -0.1) is 0 Å². The van der Waals surface area contributed by atoms with Gasteiger partial charge in [-0.3, -0.25) is 9.69 Å². The van der Waals surface area contributed by atoms with E-state index >= 15 is 0 Å². The SMILES string of the molecule is CCCCCCCCCCCCCCCCCC(=O)N1CCN(Cc2ccccc2)C(CC)C1. The summed E-state index contributed by atoms with van der Waals surface area (Å²) in [6.07, 6.45) is 22.4. The van der Waals surface area contributed by atoms with Crippen LogP contribution in [0.25, 0.3) is 0 Å². The molecule has 1 atom stereocenters. The highest BCUT2D eigenvalue weighted by atomic mass is 16.2. The summed E-state index contributed by atoms with van der Waals surface area (Å²) < 4.78 is 0. The number of nitrogens with zero attached hydrogens (tertiary/aromatic N) is 2. The summed E-state index contributed by atoms with van der Waals surface area (Å²) in [5.74, 6) is 0.382. The zero-order valence-electron chi connectivity index (χ0n) is 22.6. The Bertz CT molecular complexity index is 617. The molecule has 1 saturated heterocycles. The van der Waals surface area contributed by atoms with Crippen molar-refractivity contribution in [3.8, 4) is 0 Å². The Morgan fingerprint density at radius 3 is 1.79 bits per heavy atom. The maximum Gasteiger partial charge on any atom is 0.222 e. The first kappa shape index (κ1) is 28.9. The summed E-state index contributed by atoms with van der Waals surface area (Å²) in [7, 11) is 0. The highest BCUT2D eigenvalue weighted by Crippen LogP contribution is 2.18. The Morgan fingerprint density at radius 1 is 0.735 bits per heavy atom.